The lowest BCUT2D eigenvalue weighted by Crippen LogP contribution is -1.78. The van der Waals surface area contributed by atoms with E-state index in [1.165, 1.54) is 0 Å². The second kappa shape index (κ2) is 4.16. The molecule has 0 N–H and O–H groups in total. The van der Waals surface area contributed by atoms with Crippen LogP contribution in [0.15, 0.2) is 10.5 Å². The van der Waals surface area contributed by atoms with Gasteiger partial charge in [0.1, 0.15) is 11.7 Å². The molecule has 0 aromatic rings. The van der Waals surface area contributed by atoms with E-state index in [4.69, 9.17) is 5.26 Å². The molecule has 0 rings (SSSR count). The highest BCUT2D eigenvalue weighted by atomic mass is 32.2. The predicted octanol–water partition coefficient (Wildman–Crippen LogP) is 1.69. The van der Waals surface area contributed by atoms with Gasteiger partial charge in [0.05, 0.1) is 0 Å². The molecule has 0 amide bonds. The third-order valence-corrected chi connectivity index (χ3v) is 1.65. The molecule has 0 fully saturated rings. The van der Waals surface area contributed by atoms with E-state index >= 15 is 0 Å². The molecular weight excluding hydrogens is 134 g/mol. The van der Waals surface area contributed by atoms with E-state index in [1.54, 1.807) is 13.8 Å². The van der Waals surface area contributed by atoms with Gasteiger partial charge in [0, 0.05) is 4.91 Å². The van der Waals surface area contributed by atoms with Crippen LogP contribution in [0.25, 0.3) is 0 Å². The normalized spacial score (nSPS) is 11.7. The van der Waals surface area contributed by atoms with Gasteiger partial charge in [-0.15, -0.1) is 0 Å². The number of carbonyl (C=O) groups is 1. The number of aldehydes is 1. The van der Waals surface area contributed by atoms with E-state index in [1.807, 2.05) is 5.40 Å². The van der Waals surface area contributed by atoms with Crippen molar-refractivity contribution in [2.24, 2.45) is 0 Å². The SMILES string of the molecule is C/C(C=O)=C(/C)SC#N. The number of nitrogens with zero attached hydrogens (tertiary/aromatic N) is 1. The highest BCUT2D eigenvalue weighted by Gasteiger charge is 1.93. The molecule has 0 saturated heterocycles. The Hall–Kier alpha value is -0.750. The Bertz CT molecular complexity index is 178. The van der Waals surface area contributed by atoms with Crippen LogP contribution in [0.1, 0.15) is 13.8 Å². The third-order valence-electron chi connectivity index (χ3n) is 0.931. The second-order valence-electron chi connectivity index (χ2n) is 1.55. The fourth-order valence-corrected chi connectivity index (χ4v) is 0.578. The fourth-order valence-electron chi connectivity index (χ4n) is 0.232. The quantitative estimate of drug-likeness (QED) is 0.334. The van der Waals surface area contributed by atoms with Crippen molar-refractivity contribution in [3.05, 3.63) is 10.5 Å². The van der Waals surface area contributed by atoms with Crippen LogP contribution in [0.2, 0.25) is 0 Å². The molecule has 0 radical (unpaired) electrons. The van der Waals surface area contributed by atoms with Gasteiger partial charge in [0.25, 0.3) is 0 Å². The van der Waals surface area contributed by atoms with Crippen molar-refractivity contribution in [3.63, 3.8) is 0 Å². The molecule has 2 nitrogen and oxygen atoms in total. The summed E-state index contributed by atoms with van der Waals surface area (Å²) in [7, 11) is 0. The number of hydrogen-bond acceptors (Lipinski definition) is 3. The molecule has 0 spiro atoms. The molecule has 0 atom stereocenters. The predicted molar refractivity (Wildman–Crippen MR) is 37.6 cm³/mol. The Morgan fingerprint density at radius 3 is 2.56 bits per heavy atom. The monoisotopic (exact) mass is 141 g/mol. The fraction of sp³-hybridized carbons (Fsp3) is 0.333. The summed E-state index contributed by atoms with van der Waals surface area (Å²) in [5.74, 6) is 0. The number of thiocyanates is 1. The molecule has 9 heavy (non-hydrogen) atoms. The molecule has 3 heteroatoms. The number of thioether (sulfide) groups is 1. The molecule has 0 aliphatic carbocycles. The van der Waals surface area contributed by atoms with E-state index in [2.05, 4.69) is 0 Å². The minimum absolute atomic E-state index is 0.626. The van der Waals surface area contributed by atoms with Gasteiger partial charge >= 0.3 is 0 Å². The summed E-state index contributed by atoms with van der Waals surface area (Å²) in [6.45, 7) is 3.43. The third kappa shape index (κ3) is 2.94. The molecule has 0 bridgehead atoms. The van der Waals surface area contributed by atoms with Crippen molar-refractivity contribution >= 4 is 18.0 Å². The number of rotatable bonds is 2. The summed E-state index contributed by atoms with van der Waals surface area (Å²) in [5.41, 5.74) is 0.626. The van der Waals surface area contributed by atoms with Crippen molar-refractivity contribution < 1.29 is 4.79 Å². The molecule has 0 aliphatic rings. The molecule has 0 heterocycles. The standard InChI is InChI=1S/C6H7NOS/c1-5(3-8)6(2)9-4-7/h3H,1-2H3/b6-5+. The van der Waals surface area contributed by atoms with Gasteiger partial charge in [0.2, 0.25) is 0 Å². The molecular formula is C6H7NOS. The van der Waals surface area contributed by atoms with Gasteiger partial charge in [0.15, 0.2) is 0 Å². The highest BCUT2D eigenvalue weighted by molar-refractivity contribution is 8.07. The van der Waals surface area contributed by atoms with Crippen LogP contribution in [0.5, 0.6) is 0 Å². The van der Waals surface area contributed by atoms with Gasteiger partial charge in [-0.3, -0.25) is 4.79 Å². The maximum Gasteiger partial charge on any atom is 0.146 e. The van der Waals surface area contributed by atoms with Crippen molar-refractivity contribution in [2.45, 2.75) is 13.8 Å². The topological polar surface area (TPSA) is 40.9 Å². The van der Waals surface area contributed by atoms with Gasteiger partial charge in [-0.05, 0) is 31.2 Å². The van der Waals surface area contributed by atoms with Gasteiger partial charge in [-0.2, -0.15) is 5.26 Å². The average Bonchev–Trinajstić information content (AvgIpc) is 1.87. The Morgan fingerprint density at radius 1 is 1.67 bits per heavy atom. The van der Waals surface area contributed by atoms with Gasteiger partial charge < -0.3 is 0 Å². The first-order valence-corrected chi connectivity index (χ1v) is 3.22. The summed E-state index contributed by atoms with van der Waals surface area (Å²) in [4.78, 5) is 10.8. The smallest absolute Gasteiger partial charge is 0.146 e. The van der Waals surface area contributed by atoms with E-state index in [0.29, 0.717) is 5.57 Å². The molecule has 0 unspecified atom stereocenters. The molecule has 48 valence electrons. The van der Waals surface area contributed by atoms with Crippen LogP contribution >= 0.6 is 11.8 Å². The Balaban J connectivity index is 4.14. The number of allylic oxidation sites excluding steroid dienone is 2. The number of nitriles is 1. The number of hydrogen-bond donors (Lipinski definition) is 0. The van der Waals surface area contributed by atoms with Crippen LogP contribution < -0.4 is 0 Å². The Morgan fingerprint density at radius 2 is 2.22 bits per heavy atom. The minimum Gasteiger partial charge on any atom is -0.298 e. The molecule has 0 aromatic heterocycles. The first-order valence-electron chi connectivity index (χ1n) is 2.41. The Labute approximate surface area is 58.6 Å². The van der Waals surface area contributed by atoms with Crippen LogP contribution in [0, 0.1) is 10.7 Å². The van der Waals surface area contributed by atoms with Crippen LogP contribution in [-0.4, -0.2) is 6.29 Å². The van der Waals surface area contributed by atoms with Crippen molar-refractivity contribution in [1.29, 1.82) is 5.26 Å². The van der Waals surface area contributed by atoms with Crippen molar-refractivity contribution in [1.82, 2.24) is 0 Å². The van der Waals surface area contributed by atoms with E-state index in [-0.39, 0.29) is 0 Å². The van der Waals surface area contributed by atoms with Crippen LogP contribution in [0.4, 0.5) is 0 Å². The zero-order valence-corrected chi connectivity index (χ0v) is 6.16. The second-order valence-corrected chi connectivity index (χ2v) is 2.55. The largest absolute Gasteiger partial charge is 0.298 e. The van der Waals surface area contributed by atoms with Gasteiger partial charge in [-0.25, -0.2) is 0 Å². The van der Waals surface area contributed by atoms with Gasteiger partial charge in [-0.1, -0.05) is 0 Å². The van der Waals surface area contributed by atoms with Crippen LogP contribution in [-0.2, 0) is 4.79 Å². The van der Waals surface area contributed by atoms with E-state index < -0.39 is 0 Å². The molecule has 0 saturated carbocycles. The Kier molecular flexibility index (Phi) is 3.81. The first-order chi connectivity index (χ1) is 4.22. The lowest BCUT2D eigenvalue weighted by Gasteiger charge is -1.90. The summed E-state index contributed by atoms with van der Waals surface area (Å²) in [5, 5.41) is 10.0. The van der Waals surface area contributed by atoms with Crippen LogP contribution in [0.3, 0.4) is 0 Å². The summed E-state index contributed by atoms with van der Waals surface area (Å²) < 4.78 is 0. The zero-order chi connectivity index (χ0) is 7.28. The lowest BCUT2D eigenvalue weighted by atomic mass is 10.3. The zero-order valence-electron chi connectivity index (χ0n) is 5.34. The van der Waals surface area contributed by atoms with E-state index in [0.717, 1.165) is 23.0 Å². The first kappa shape index (κ1) is 8.25. The minimum atomic E-state index is 0.626. The summed E-state index contributed by atoms with van der Waals surface area (Å²) in [6, 6.07) is 0. The maximum absolute atomic E-state index is 10.0. The highest BCUT2D eigenvalue weighted by Crippen LogP contribution is 2.15. The van der Waals surface area contributed by atoms with E-state index in [9.17, 15) is 4.79 Å². The van der Waals surface area contributed by atoms with Crippen molar-refractivity contribution in [2.75, 3.05) is 0 Å². The summed E-state index contributed by atoms with van der Waals surface area (Å²) in [6.07, 6.45) is 0.750. The average molecular weight is 141 g/mol. The maximum atomic E-state index is 10.0. The van der Waals surface area contributed by atoms with Crippen molar-refractivity contribution in [3.8, 4) is 5.40 Å². The number of carbonyl (C=O) groups excluding carboxylic acids is 1. The molecule has 0 aromatic carbocycles. The lowest BCUT2D eigenvalue weighted by molar-refractivity contribution is -0.104. The summed E-state index contributed by atoms with van der Waals surface area (Å²) >= 11 is 1.02. The molecule has 0 aliphatic heterocycles.